The Kier molecular flexibility index (Phi) is 5.18. The maximum Gasteiger partial charge on any atom is 0.271 e. The first-order valence-electron chi connectivity index (χ1n) is 10.3. The lowest BCUT2D eigenvalue weighted by molar-refractivity contribution is -0.384. The predicted molar refractivity (Wildman–Crippen MR) is 124 cm³/mol. The monoisotopic (exact) mass is 448 g/mol. The number of hydrogen-bond donors (Lipinski definition) is 1. The Morgan fingerprint density at radius 1 is 1.28 bits per heavy atom. The number of rotatable bonds is 3. The number of Topliss-reactive ketones (excluding diaryl/α,β-unsaturated/α-hetero) is 1. The van der Waals surface area contributed by atoms with Gasteiger partial charge in [0.1, 0.15) is 5.82 Å². The van der Waals surface area contributed by atoms with Gasteiger partial charge in [-0.05, 0) is 43.4 Å². The minimum atomic E-state index is -0.529. The van der Waals surface area contributed by atoms with Gasteiger partial charge in [0.25, 0.3) is 5.69 Å². The second-order valence-corrected chi connectivity index (χ2v) is 10.6. The molecule has 0 saturated heterocycles. The number of thiophene rings is 1. The lowest BCUT2D eigenvalue weighted by Crippen LogP contribution is -2.42. The van der Waals surface area contributed by atoms with Crippen LogP contribution >= 0.6 is 11.3 Å². The summed E-state index contributed by atoms with van der Waals surface area (Å²) in [5.41, 5.74) is 9.19. The summed E-state index contributed by atoms with van der Waals surface area (Å²) in [6.07, 6.45) is 0.931. The van der Waals surface area contributed by atoms with Crippen LogP contribution in [0.3, 0.4) is 0 Å². The van der Waals surface area contributed by atoms with Crippen molar-refractivity contribution >= 4 is 28.5 Å². The molecule has 4 rings (SSSR count). The number of non-ortho nitro benzene ring substituents is 1. The number of anilines is 1. The SMILES string of the molecule is Cc1cc([C@@H]2C(C#N)=C(N)N(c3cccc([N+](=O)[O-])c3)C3=C2C(=O)CC(C)(C)C3)c(C)s1. The summed E-state index contributed by atoms with van der Waals surface area (Å²) >= 11 is 1.62. The normalized spacial score (nSPS) is 20.3. The molecule has 0 spiro atoms. The Morgan fingerprint density at radius 2 is 2.00 bits per heavy atom. The summed E-state index contributed by atoms with van der Waals surface area (Å²) in [7, 11) is 0. The number of nitro benzene ring substituents is 1. The third-order valence-electron chi connectivity index (χ3n) is 6.07. The van der Waals surface area contributed by atoms with Crippen LogP contribution in [0, 0.1) is 40.7 Å². The number of benzene rings is 1. The minimum Gasteiger partial charge on any atom is -0.384 e. The van der Waals surface area contributed by atoms with E-state index in [1.807, 2.05) is 33.8 Å². The summed E-state index contributed by atoms with van der Waals surface area (Å²) in [6.45, 7) is 8.03. The number of carbonyl (C=O) groups is 1. The van der Waals surface area contributed by atoms with Crippen LogP contribution in [0.2, 0.25) is 0 Å². The molecule has 0 fully saturated rings. The molecule has 0 amide bonds. The number of nitro groups is 1. The van der Waals surface area contributed by atoms with Gasteiger partial charge in [-0.25, -0.2) is 0 Å². The number of hydrogen-bond acceptors (Lipinski definition) is 7. The third-order valence-corrected chi connectivity index (χ3v) is 7.05. The molecule has 0 unspecified atom stereocenters. The third kappa shape index (κ3) is 3.49. The average Bonchev–Trinajstić information content (AvgIpc) is 3.04. The molecule has 1 aliphatic carbocycles. The molecule has 2 aliphatic rings. The van der Waals surface area contributed by atoms with E-state index in [1.165, 1.54) is 12.1 Å². The molecule has 0 bridgehead atoms. The average molecular weight is 449 g/mol. The number of carbonyl (C=O) groups excluding carboxylic acids is 1. The first kappa shape index (κ1) is 21.8. The topological polar surface area (TPSA) is 113 Å². The predicted octanol–water partition coefficient (Wildman–Crippen LogP) is 5.21. The smallest absolute Gasteiger partial charge is 0.271 e. The van der Waals surface area contributed by atoms with E-state index in [9.17, 15) is 20.2 Å². The van der Waals surface area contributed by atoms with Crippen molar-refractivity contribution in [2.24, 2.45) is 11.1 Å². The van der Waals surface area contributed by atoms with Crippen molar-refractivity contribution in [1.82, 2.24) is 0 Å². The Hall–Kier alpha value is -3.44. The largest absolute Gasteiger partial charge is 0.384 e. The van der Waals surface area contributed by atoms with Crippen LogP contribution in [0.5, 0.6) is 0 Å². The molecule has 2 N–H and O–H groups in total. The molecule has 0 radical (unpaired) electrons. The number of nitrogens with zero attached hydrogens (tertiary/aromatic N) is 3. The molecule has 2 aromatic rings. The Balaban J connectivity index is 2.02. The second-order valence-electron chi connectivity index (χ2n) is 9.13. The van der Waals surface area contributed by atoms with Crippen LogP contribution in [0.15, 0.2) is 53.0 Å². The van der Waals surface area contributed by atoms with Crippen molar-refractivity contribution in [1.29, 1.82) is 5.26 Å². The number of aryl methyl sites for hydroxylation is 2. The molecular weight excluding hydrogens is 424 g/mol. The highest BCUT2D eigenvalue weighted by atomic mass is 32.1. The fourth-order valence-electron chi connectivity index (χ4n) is 4.80. The molecule has 164 valence electrons. The van der Waals surface area contributed by atoms with Crippen LogP contribution in [0.25, 0.3) is 0 Å². The second kappa shape index (κ2) is 7.61. The minimum absolute atomic E-state index is 0.0137. The van der Waals surface area contributed by atoms with E-state index in [4.69, 9.17) is 5.73 Å². The summed E-state index contributed by atoms with van der Waals surface area (Å²) in [4.78, 5) is 28.2. The van der Waals surface area contributed by atoms with Gasteiger partial charge in [0.15, 0.2) is 5.78 Å². The van der Waals surface area contributed by atoms with E-state index in [0.29, 0.717) is 29.7 Å². The number of allylic oxidation sites excluding steroid dienone is 3. The van der Waals surface area contributed by atoms with Gasteiger partial charge in [0.2, 0.25) is 0 Å². The van der Waals surface area contributed by atoms with Crippen molar-refractivity contribution in [3.05, 3.63) is 78.4 Å². The quantitative estimate of drug-likeness (QED) is 0.509. The summed E-state index contributed by atoms with van der Waals surface area (Å²) in [5, 5.41) is 21.5. The van der Waals surface area contributed by atoms with Crippen LogP contribution in [0.4, 0.5) is 11.4 Å². The van der Waals surface area contributed by atoms with E-state index >= 15 is 0 Å². The standard InChI is InChI=1S/C24H24N4O3S/c1-13-8-17(14(2)32-13)21-18(12-25)23(26)27(15-6-5-7-16(9-15)28(30)31)19-10-24(3,4)11-20(29)22(19)21/h5-9,21H,10-11,26H2,1-4H3/t21-/m1/s1. The van der Waals surface area contributed by atoms with Crippen molar-refractivity contribution in [2.45, 2.75) is 46.5 Å². The molecule has 1 atom stereocenters. The maximum atomic E-state index is 13.5. The van der Waals surface area contributed by atoms with Crippen molar-refractivity contribution in [3.8, 4) is 6.07 Å². The van der Waals surface area contributed by atoms with Gasteiger partial charge in [0, 0.05) is 39.6 Å². The highest BCUT2D eigenvalue weighted by Gasteiger charge is 2.45. The Morgan fingerprint density at radius 3 is 2.59 bits per heavy atom. The lowest BCUT2D eigenvalue weighted by Gasteiger charge is -2.43. The first-order valence-corrected chi connectivity index (χ1v) is 11.1. The van der Waals surface area contributed by atoms with Crippen molar-refractivity contribution in [2.75, 3.05) is 4.90 Å². The number of nitriles is 1. The van der Waals surface area contributed by atoms with E-state index in [0.717, 1.165) is 21.0 Å². The lowest BCUT2D eigenvalue weighted by atomic mass is 9.68. The zero-order valence-corrected chi connectivity index (χ0v) is 19.2. The molecule has 1 aliphatic heterocycles. The summed E-state index contributed by atoms with van der Waals surface area (Å²) < 4.78 is 0. The van der Waals surface area contributed by atoms with E-state index in [2.05, 4.69) is 6.07 Å². The Bertz CT molecular complexity index is 1260. The first-order chi connectivity index (χ1) is 15.0. The molecule has 1 aromatic heterocycles. The van der Waals surface area contributed by atoms with Gasteiger partial charge in [-0.3, -0.25) is 19.8 Å². The highest BCUT2D eigenvalue weighted by Crippen LogP contribution is 2.51. The van der Waals surface area contributed by atoms with Gasteiger partial charge in [0.05, 0.1) is 28.2 Å². The van der Waals surface area contributed by atoms with Crippen LogP contribution in [-0.4, -0.2) is 10.7 Å². The summed E-state index contributed by atoms with van der Waals surface area (Å²) in [6, 6.07) is 10.4. The molecule has 32 heavy (non-hydrogen) atoms. The molecule has 0 saturated carbocycles. The Labute approximate surface area is 190 Å². The van der Waals surface area contributed by atoms with Crippen LogP contribution in [-0.2, 0) is 4.79 Å². The van der Waals surface area contributed by atoms with Gasteiger partial charge in [-0.1, -0.05) is 19.9 Å². The van der Waals surface area contributed by atoms with E-state index < -0.39 is 10.8 Å². The number of ketones is 1. The molecule has 1 aromatic carbocycles. The highest BCUT2D eigenvalue weighted by molar-refractivity contribution is 7.12. The molecule has 7 nitrogen and oxygen atoms in total. The molecule has 2 heterocycles. The zero-order chi connectivity index (χ0) is 23.4. The van der Waals surface area contributed by atoms with Crippen LogP contribution < -0.4 is 10.6 Å². The van der Waals surface area contributed by atoms with Gasteiger partial charge in [-0.15, -0.1) is 11.3 Å². The van der Waals surface area contributed by atoms with Crippen molar-refractivity contribution in [3.63, 3.8) is 0 Å². The molecular formula is C24H24N4O3S. The maximum absolute atomic E-state index is 13.5. The zero-order valence-electron chi connectivity index (χ0n) is 18.4. The fraction of sp³-hybridized carbons (Fsp3) is 0.333. The molecule has 8 heteroatoms. The van der Waals surface area contributed by atoms with Crippen molar-refractivity contribution < 1.29 is 9.72 Å². The number of nitrogens with two attached hydrogens (primary N) is 1. The van der Waals surface area contributed by atoms with E-state index in [-0.39, 0.29) is 22.7 Å². The van der Waals surface area contributed by atoms with Gasteiger partial charge < -0.3 is 5.73 Å². The van der Waals surface area contributed by atoms with E-state index in [1.54, 1.807) is 28.4 Å². The summed E-state index contributed by atoms with van der Waals surface area (Å²) in [5.74, 6) is -0.329. The van der Waals surface area contributed by atoms with Gasteiger partial charge in [-0.2, -0.15) is 5.26 Å². The van der Waals surface area contributed by atoms with Gasteiger partial charge >= 0.3 is 0 Å². The van der Waals surface area contributed by atoms with Crippen LogP contribution in [0.1, 0.15) is 47.9 Å². The fourth-order valence-corrected chi connectivity index (χ4v) is 5.76.